The van der Waals surface area contributed by atoms with E-state index in [9.17, 15) is 33.6 Å². The van der Waals surface area contributed by atoms with Gasteiger partial charge in [0.2, 0.25) is 0 Å². The van der Waals surface area contributed by atoms with Crippen molar-refractivity contribution in [1.29, 1.82) is 0 Å². The highest BCUT2D eigenvalue weighted by Gasteiger charge is 2.55. The molecule has 0 aromatic carbocycles. The Morgan fingerprint density at radius 2 is 1.34 bits per heavy atom. The van der Waals surface area contributed by atoms with Gasteiger partial charge in [-0.15, -0.1) is 0 Å². The zero-order valence-corrected chi connectivity index (χ0v) is 17.3. The first-order valence-electron chi connectivity index (χ1n) is 10.5. The van der Waals surface area contributed by atoms with Gasteiger partial charge in [-0.2, -0.15) is 0 Å². The Bertz CT molecular complexity index is 905. The van der Waals surface area contributed by atoms with Crippen LogP contribution in [0.4, 0.5) is 0 Å². The summed E-state index contributed by atoms with van der Waals surface area (Å²) in [5.74, 6) is -11.8. The number of carbonyl (C=O) groups is 7. The van der Waals surface area contributed by atoms with Crippen LogP contribution in [0.3, 0.4) is 0 Å². The topological polar surface area (TPSA) is 156 Å². The van der Waals surface area contributed by atoms with Crippen LogP contribution >= 0.6 is 0 Å². The average Bonchev–Trinajstić information content (AvgIpc) is 2.97. The fourth-order valence-electron chi connectivity index (χ4n) is 5.28. The van der Waals surface area contributed by atoms with Crippen molar-refractivity contribution in [3.63, 3.8) is 0 Å². The van der Waals surface area contributed by atoms with Crippen LogP contribution in [0.2, 0.25) is 0 Å². The number of hydrogen-bond acceptors (Lipinski definition) is 11. The molecule has 11 heteroatoms. The predicted molar refractivity (Wildman–Crippen MR) is 97.4 cm³/mol. The maximum Gasteiger partial charge on any atom is 0.318 e. The molecule has 4 fully saturated rings. The van der Waals surface area contributed by atoms with Crippen molar-refractivity contribution in [1.82, 2.24) is 0 Å². The molecule has 7 atom stereocenters. The van der Waals surface area contributed by atoms with Crippen LogP contribution < -0.4 is 0 Å². The van der Waals surface area contributed by atoms with Gasteiger partial charge in [0.15, 0.2) is 0 Å². The maximum absolute atomic E-state index is 12.6. The van der Waals surface area contributed by atoms with Crippen molar-refractivity contribution in [2.45, 2.75) is 39.0 Å². The number of ether oxygens (including phenoxy) is 4. The molecule has 0 aromatic heterocycles. The standard InChI is InChI=1S/C21H22O11/c1-8(22)30-17(24)11-4-10-2-9(7-29-16(10)23)3-13-15(21(28)32-19(13)26)14-6-12(5-11)18(25)31-20(14)27/h9-15H,2-7H2,1H3. The van der Waals surface area contributed by atoms with E-state index in [0.29, 0.717) is 0 Å². The summed E-state index contributed by atoms with van der Waals surface area (Å²) in [4.78, 5) is 85.9. The molecule has 0 radical (unpaired) electrons. The van der Waals surface area contributed by atoms with E-state index in [4.69, 9.17) is 18.9 Å². The SMILES string of the molecule is CC(=O)OC(=O)C1CC2CC(COC2=O)CC2C(=O)OC(=O)C2C2CC(C1)C(=O)OC2=O. The molecule has 3 heterocycles. The van der Waals surface area contributed by atoms with Gasteiger partial charge in [0.25, 0.3) is 0 Å². The molecule has 0 N–H and O–H groups in total. The second-order valence-electron chi connectivity index (χ2n) is 8.90. The van der Waals surface area contributed by atoms with E-state index in [1.165, 1.54) is 0 Å². The van der Waals surface area contributed by atoms with E-state index in [1.807, 2.05) is 0 Å². The molecule has 7 unspecified atom stereocenters. The third-order valence-corrected chi connectivity index (χ3v) is 6.73. The Morgan fingerprint density at radius 3 is 2.00 bits per heavy atom. The zero-order valence-electron chi connectivity index (χ0n) is 17.3. The normalized spacial score (nSPS) is 37.2. The maximum atomic E-state index is 12.6. The quantitative estimate of drug-likeness (QED) is 0.303. The third kappa shape index (κ3) is 4.15. The number of cyclic esters (lactones) is 5. The highest BCUT2D eigenvalue weighted by atomic mass is 16.6. The number of fused-ring (bicyclic) bond motifs is 6. The van der Waals surface area contributed by atoms with Gasteiger partial charge < -0.3 is 18.9 Å². The monoisotopic (exact) mass is 450 g/mol. The van der Waals surface area contributed by atoms with Gasteiger partial charge in [-0.05, 0) is 38.0 Å². The Labute approximate surface area is 182 Å². The summed E-state index contributed by atoms with van der Waals surface area (Å²) in [6, 6.07) is 0. The first-order chi connectivity index (χ1) is 15.1. The van der Waals surface area contributed by atoms with Gasteiger partial charge in [-0.25, -0.2) is 0 Å². The van der Waals surface area contributed by atoms with Gasteiger partial charge in [-0.1, -0.05) is 0 Å². The minimum atomic E-state index is -1.12. The summed E-state index contributed by atoms with van der Waals surface area (Å²) in [6.07, 6.45) is 0.126. The predicted octanol–water partition coefficient (Wildman–Crippen LogP) is 0.0772. The second kappa shape index (κ2) is 8.44. The minimum absolute atomic E-state index is 0.0265. The van der Waals surface area contributed by atoms with Gasteiger partial charge in [0, 0.05) is 6.92 Å². The molecule has 1 aliphatic carbocycles. The van der Waals surface area contributed by atoms with Gasteiger partial charge in [0.05, 0.1) is 42.1 Å². The highest BCUT2D eigenvalue weighted by molar-refractivity contribution is 6.01. The molecule has 3 aliphatic heterocycles. The van der Waals surface area contributed by atoms with Crippen LogP contribution in [0.15, 0.2) is 0 Å². The molecule has 0 amide bonds. The van der Waals surface area contributed by atoms with E-state index < -0.39 is 77.3 Å². The molecule has 32 heavy (non-hydrogen) atoms. The van der Waals surface area contributed by atoms with E-state index >= 15 is 0 Å². The lowest BCUT2D eigenvalue weighted by Gasteiger charge is -2.35. The van der Waals surface area contributed by atoms with Crippen LogP contribution in [0.25, 0.3) is 0 Å². The zero-order chi connectivity index (χ0) is 23.2. The largest absolute Gasteiger partial charge is 0.465 e. The summed E-state index contributed by atoms with van der Waals surface area (Å²) >= 11 is 0. The molecule has 0 spiro atoms. The number of rotatable bonds is 1. The second-order valence-corrected chi connectivity index (χ2v) is 8.90. The van der Waals surface area contributed by atoms with Gasteiger partial charge >= 0.3 is 41.8 Å². The molecule has 3 saturated heterocycles. The van der Waals surface area contributed by atoms with Crippen LogP contribution in [-0.2, 0) is 52.5 Å². The van der Waals surface area contributed by atoms with Crippen molar-refractivity contribution < 1.29 is 52.5 Å². The molecule has 4 bridgehead atoms. The van der Waals surface area contributed by atoms with Crippen molar-refractivity contribution in [2.75, 3.05) is 6.61 Å². The van der Waals surface area contributed by atoms with Crippen LogP contribution in [0, 0.1) is 41.4 Å². The van der Waals surface area contributed by atoms with Crippen molar-refractivity contribution in [3.05, 3.63) is 0 Å². The van der Waals surface area contributed by atoms with Crippen molar-refractivity contribution in [3.8, 4) is 0 Å². The van der Waals surface area contributed by atoms with Crippen molar-refractivity contribution >= 4 is 41.8 Å². The summed E-state index contributed by atoms with van der Waals surface area (Å²) in [5, 5.41) is 0. The van der Waals surface area contributed by atoms with Crippen LogP contribution in [-0.4, -0.2) is 48.4 Å². The van der Waals surface area contributed by atoms with E-state index in [1.54, 1.807) is 0 Å². The fraction of sp³-hybridized carbons (Fsp3) is 0.667. The van der Waals surface area contributed by atoms with E-state index in [2.05, 4.69) is 0 Å². The molecule has 4 rings (SSSR count). The molecule has 11 nitrogen and oxygen atoms in total. The number of carbonyl (C=O) groups excluding carboxylic acids is 7. The lowest BCUT2D eigenvalue weighted by molar-refractivity contribution is -0.177. The summed E-state index contributed by atoms with van der Waals surface area (Å²) in [7, 11) is 0. The summed E-state index contributed by atoms with van der Waals surface area (Å²) in [6.45, 7) is 1.09. The Hall–Kier alpha value is -3.11. The van der Waals surface area contributed by atoms with Gasteiger partial charge in [0.1, 0.15) is 0 Å². The number of hydrogen-bond donors (Lipinski definition) is 0. The highest BCUT2D eigenvalue weighted by Crippen LogP contribution is 2.44. The third-order valence-electron chi connectivity index (χ3n) is 6.73. The summed E-state index contributed by atoms with van der Waals surface area (Å²) < 4.78 is 19.6. The van der Waals surface area contributed by atoms with Crippen LogP contribution in [0.1, 0.15) is 39.0 Å². The Kier molecular flexibility index (Phi) is 5.83. The molecule has 1 saturated carbocycles. The lowest BCUT2D eigenvalue weighted by Crippen LogP contribution is -2.44. The lowest BCUT2D eigenvalue weighted by atomic mass is 9.70. The van der Waals surface area contributed by atoms with Crippen LogP contribution in [0.5, 0.6) is 0 Å². The average molecular weight is 450 g/mol. The molecular weight excluding hydrogens is 428 g/mol. The first-order valence-corrected chi connectivity index (χ1v) is 10.5. The molecule has 4 aliphatic rings. The fourth-order valence-corrected chi connectivity index (χ4v) is 5.28. The smallest absolute Gasteiger partial charge is 0.318 e. The molecule has 172 valence electrons. The first kappa shape index (κ1) is 22.1. The van der Waals surface area contributed by atoms with E-state index in [-0.39, 0.29) is 44.6 Å². The number of esters is 7. The Balaban J connectivity index is 1.70. The van der Waals surface area contributed by atoms with Gasteiger partial charge in [-0.3, -0.25) is 33.6 Å². The summed E-state index contributed by atoms with van der Waals surface area (Å²) in [5.41, 5.74) is 0. The Morgan fingerprint density at radius 1 is 0.750 bits per heavy atom. The minimum Gasteiger partial charge on any atom is -0.465 e. The van der Waals surface area contributed by atoms with Crippen molar-refractivity contribution in [2.24, 2.45) is 41.4 Å². The van der Waals surface area contributed by atoms with E-state index in [0.717, 1.165) is 6.92 Å². The molecule has 0 aromatic rings. The molecular formula is C21H22O11.